The molecule has 1 saturated heterocycles. The molecule has 0 saturated carbocycles. The predicted molar refractivity (Wildman–Crippen MR) is 133 cm³/mol. The van der Waals surface area contributed by atoms with Crippen LogP contribution in [0.1, 0.15) is 25.6 Å². The predicted octanol–water partition coefficient (Wildman–Crippen LogP) is 2.53. The summed E-state index contributed by atoms with van der Waals surface area (Å²) in [6.45, 7) is 3.50. The van der Waals surface area contributed by atoms with Crippen molar-refractivity contribution in [1.29, 1.82) is 0 Å². The van der Waals surface area contributed by atoms with Crippen LogP contribution < -0.4 is 25.2 Å². The number of aromatic amines is 1. The summed E-state index contributed by atoms with van der Waals surface area (Å²) in [6, 6.07) is 10.6. The Bertz CT molecular complexity index is 1310. The zero-order valence-corrected chi connectivity index (χ0v) is 20.1. The van der Waals surface area contributed by atoms with Crippen LogP contribution in [0.3, 0.4) is 0 Å². The van der Waals surface area contributed by atoms with Crippen LogP contribution in [-0.2, 0) is 16.1 Å². The van der Waals surface area contributed by atoms with E-state index >= 15 is 0 Å². The first-order valence-electron chi connectivity index (χ1n) is 11.5. The van der Waals surface area contributed by atoms with Gasteiger partial charge in [-0.1, -0.05) is 19.1 Å². The number of H-pyrrole nitrogens is 1. The van der Waals surface area contributed by atoms with E-state index in [1.807, 2.05) is 30.0 Å². The molecule has 1 aliphatic heterocycles. The molecule has 2 aromatic carbocycles. The molecule has 0 atom stereocenters. The number of methoxy groups -OCH3 is 2. The van der Waals surface area contributed by atoms with Crippen LogP contribution in [0.15, 0.2) is 41.2 Å². The molecule has 0 radical (unpaired) electrons. The second kappa shape index (κ2) is 10.6. The molecule has 0 spiro atoms. The molecule has 0 aliphatic carbocycles. The molecule has 35 heavy (non-hydrogen) atoms. The highest BCUT2D eigenvalue weighted by molar-refractivity contribution is 6.02. The largest absolute Gasteiger partial charge is 0.493 e. The molecule has 1 fully saturated rings. The Morgan fingerprint density at radius 2 is 1.91 bits per heavy atom. The Hall–Kier alpha value is -3.92. The van der Waals surface area contributed by atoms with E-state index in [1.54, 1.807) is 23.1 Å². The van der Waals surface area contributed by atoms with Crippen LogP contribution in [-0.4, -0.2) is 60.5 Å². The van der Waals surface area contributed by atoms with Crippen LogP contribution in [0.4, 0.5) is 11.4 Å². The van der Waals surface area contributed by atoms with Crippen molar-refractivity contribution in [3.63, 3.8) is 0 Å². The lowest BCUT2D eigenvalue weighted by molar-refractivity contribution is -0.118. The molecule has 2 heterocycles. The van der Waals surface area contributed by atoms with E-state index in [1.165, 1.54) is 14.2 Å². The van der Waals surface area contributed by atoms with Gasteiger partial charge in [0.2, 0.25) is 11.8 Å². The van der Waals surface area contributed by atoms with Crippen molar-refractivity contribution in [1.82, 2.24) is 14.9 Å². The first-order chi connectivity index (χ1) is 16.9. The van der Waals surface area contributed by atoms with Crippen molar-refractivity contribution < 1.29 is 19.1 Å². The number of anilines is 2. The Morgan fingerprint density at radius 1 is 1.17 bits per heavy atom. The summed E-state index contributed by atoms with van der Waals surface area (Å²) in [5.74, 6) is 1.20. The van der Waals surface area contributed by atoms with E-state index in [4.69, 9.17) is 9.47 Å². The van der Waals surface area contributed by atoms with Gasteiger partial charge >= 0.3 is 0 Å². The number of para-hydroxylation sites is 2. The smallest absolute Gasteiger partial charge is 0.258 e. The molecular formula is C25H29N5O5. The molecule has 184 valence electrons. The number of hydrogen-bond donors (Lipinski definition) is 2. The number of carbonyl (C=O) groups excluding carboxylic acids is 2. The van der Waals surface area contributed by atoms with E-state index in [0.717, 1.165) is 6.42 Å². The lowest BCUT2D eigenvalue weighted by Crippen LogP contribution is -2.34. The van der Waals surface area contributed by atoms with Gasteiger partial charge in [0.05, 0.1) is 49.6 Å². The molecule has 3 aromatic rings. The molecule has 1 aliphatic rings. The minimum atomic E-state index is -0.296. The normalized spacial score (nSPS) is 13.5. The minimum absolute atomic E-state index is 0.0578. The van der Waals surface area contributed by atoms with Gasteiger partial charge < -0.3 is 24.7 Å². The zero-order valence-electron chi connectivity index (χ0n) is 20.1. The zero-order chi connectivity index (χ0) is 24.9. The number of nitrogens with one attached hydrogen (secondary N) is 2. The summed E-state index contributed by atoms with van der Waals surface area (Å²) in [5.41, 5.74) is 1.49. The summed E-state index contributed by atoms with van der Waals surface area (Å²) in [6.07, 6.45) is 1.32. The van der Waals surface area contributed by atoms with Crippen molar-refractivity contribution >= 4 is 34.1 Å². The maximum absolute atomic E-state index is 12.9. The minimum Gasteiger partial charge on any atom is -0.493 e. The van der Waals surface area contributed by atoms with Gasteiger partial charge in [-0.3, -0.25) is 19.3 Å². The molecule has 2 N–H and O–H groups in total. The van der Waals surface area contributed by atoms with E-state index in [-0.39, 0.29) is 30.5 Å². The third-order valence-electron chi connectivity index (χ3n) is 5.99. The fourth-order valence-electron chi connectivity index (χ4n) is 4.19. The van der Waals surface area contributed by atoms with E-state index in [2.05, 4.69) is 15.3 Å². The monoisotopic (exact) mass is 479 g/mol. The first kappa shape index (κ1) is 24.2. The second-order valence-corrected chi connectivity index (χ2v) is 8.25. The fourth-order valence-corrected chi connectivity index (χ4v) is 4.19. The Kier molecular flexibility index (Phi) is 7.31. The summed E-state index contributed by atoms with van der Waals surface area (Å²) >= 11 is 0. The van der Waals surface area contributed by atoms with Gasteiger partial charge in [-0.15, -0.1) is 0 Å². The number of rotatable bonds is 9. The quantitative estimate of drug-likeness (QED) is 0.484. The maximum atomic E-state index is 12.9. The third kappa shape index (κ3) is 5.27. The molecule has 0 bridgehead atoms. The van der Waals surface area contributed by atoms with E-state index in [0.29, 0.717) is 59.1 Å². The standard InChI is InChI=1S/C25H29N5O5/c1-4-29(14-22-26-18-13-21(35-3)20(34-2)12-16(18)25(33)28-22)15-23(31)27-17-8-5-6-9-19(17)30-11-7-10-24(30)32/h5-6,8-9,12-13H,4,7,10-11,14-15H2,1-3H3,(H,27,31)(H,26,28,33). The lowest BCUT2D eigenvalue weighted by Gasteiger charge is -2.22. The van der Waals surface area contributed by atoms with Gasteiger partial charge in [0.1, 0.15) is 5.82 Å². The van der Waals surface area contributed by atoms with Crippen molar-refractivity contribution in [3.05, 3.63) is 52.6 Å². The summed E-state index contributed by atoms with van der Waals surface area (Å²) in [4.78, 5) is 48.7. The van der Waals surface area contributed by atoms with Gasteiger partial charge in [-0.2, -0.15) is 0 Å². The molecule has 2 amide bonds. The highest BCUT2D eigenvalue weighted by Gasteiger charge is 2.24. The number of ether oxygens (including phenoxy) is 2. The topological polar surface area (TPSA) is 117 Å². The van der Waals surface area contributed by atoms with Gasteiger partial charge in [-0.25, -0.2) is 4.98 Å². The number of amides is 2. The number of carbonyl (C=O) groups is 2. The molecule has 0 unspecified atom stereocenters. The fraction of sp³-hybridized carbons (Fsp3) is 0.360. The van der Waals surface area contributed by atoms with Crippen LogP contribution in [0.2, 0.25) is 0 Å². The lowest BCUT2D eigenvalue weighted by atomic mass is 10.2. The van der Waals surface area contributed by atoms with Crippen LogP contribution >= 0.6 is 0 Å². The number of fused-ring (bicyclic) bond motifs is 1. The molecule has 4 rings (SSSR count). The summed E-state index contributed by atoms with van der Waals surface area (Å²) in [5, 5.41) is 3.32. The first-order valence-corrected chi connectivity index (χ1v) is 11.5. The number of aromatic nitrogens is 2. The van der Waals surface area contributed by atoms with Crippen LogP contribution in [0.5, 0.6) is 11.5 Å². The molecular weight excluding hydrogens is 450 g/mol. The highest BCUT2D eigenvalue weighted by Crippen LogP contribution is 2.30. The number of benzene rings is 2. The Morgan fingerprint density at radius 3 is 2.60 bits per heavy atom. The van der Waals surface area contributed by atoms with Crippen LogP contribution in [0, 0.1) is 0 Å². The Balaban J connectivity index is 1.49. The highest BCUT2D eigenvalue weighted by atomic mass is 16.5. The van der Waals surface area contributed by atoms with E-state index in [9.17, 15) is 14.4 Å². The Labute approximate surface area is 202 Å². The van der Waals surface area contributed by atoms with Crippen molar-refractivity contribution in [2.45, 2.75) is 26.3 Å². The van der Waals surface area contributed by atoms with Gasteiger partial charge in [-0.05, 0) is 31.2 Å². The second-order valence-electron chi connectivity index (χ2n) is 8.25. The van der Waals surface area contributed by atoms with Gasteiger partial charge in [0.25, 0.3) is 5.56 Å². The van der Waals surface area contributed by atoms with Crippen LogP contribution in [0.25, 0.3) is 10.9 Å². The number of likely N-dealkylation sites (N-methyl/N-ethyl adjacent to an activating group) is 1. The van der Waals surface area contributed by atoms with Gasteiger partial charge in [0.15, 0.2) is 11.5 Å². The number of nitrogens with zero attached hydrogens (tertiary/aromatic N) is 3. The molecule has 1 aromatic heterocycles. The molecule has 10 heteroatoms. The third-order valence-corrected chi connectivity index (χ3v) is 5.99. The van der Waals surface area contributed by atoms with Crippen molar-refractivity contribution in [2.75, 3.05) is 44.1 Å². The maximum Gasteiger partial charge on any atom is 0.258 e. The SMILES string of the molecule is CCN(CC(=O)Nc1ccccc1N1CCCC1=O)Cc1nc2cc(OC)c(OC)cc2c(=O)[nH]1. The average molecular weight is 480 g/mol. The van der Waals surface area contributed by atoms with Crippen molar-refractivity contribution in [2.24, 2.45) is 0 Å². The van der Waals surface area contributed by atoms with Crippen molar-refractivity contribution in [3.8, 4) is 11.5 Å². The number of hydrogen-bond acceptors (Lipinski definition) is 7. The summed E-state index contributed by atoms with van der Waals surface area (Å²) in [7, 11) is 3.03. The molecule has 10 nitrogen and oxygen atoms in total. The summed E-state index contributed by atoms with van der Waals surface area (Å²) < 4.78 is 10.6. The van der Waals surface area contributed by atoms with Gasteiger partial charge in [0, 0.05) is 19.0 Å². The van der Waals surface area contributed by atoms with E-state index < -0.39 is 0 Å². The average Bonchev–Trinajstić information content (AvgIpc) is 3.28.